The van der Waals surface area contributed by atoms with Crippen molar-refractivity contribution in [1.29, 1.82) is 0 Å². The third kappa shape index (κ3) is 3.25. The molecule has 1 fully saturated rings. The highest BCUT2D eigenvalue weighted by molar-refractivity contribution is 5.79. The molecule has 1 N–H and O–H groups in total. The molecule has 94 valence electrons. The molecule has 0 aliphatic heterocycles. The van der Waals surface area contributed by atoms with Crippen LogP contribution >= 0.6 is 0 Å². The summed E-state index contributed by atoms with van der Waals surface area (Å²) in [7, 11) is 6.00. The summed E-state index contributed by atoms with van der Waals surface area (Å²) in [5.41, 5.74) is 1.29. The zero-order chi connectivity index (χ0) is 12.3. The van der Waals surface area contributed by atoms with Gasteiger partial charge in [0.2, 0.25) is 0 Å². The Bertz CT molecular complexity index is 390. The van der Waals surface area contributed by atoms with Gasteiger partial charge in [-0.2, -0.15) is 0 Å². The Morgan fingerprint density at radius 2 is 2.35 bits per heavy atom. The van der Waals surface area contributed by atoms with Crippen LogP contribution < -0.4 is 5.32 Å². The minimum absolute atomic E-state index is 0.871. The first-order valence-electron chi connectivity index (χ1n) is 6.22. The maximum atomic E-state index is 4.32. The van der Waals surface area contributed by atoms with Crippen molar-refractivity contribution in [3.8, 4) is 0 Å². The van der Waals surface area contributed by atoms with E-state index in [2.05, 4.69) is 52.2 Å². The summed E-state index contributed by atoms with van der Waals surface area (Å²) in [5, 5.41) is 3.43. The van der Waals surface area contributed by atoms with E-state index in [1.807, 2.05) is 7.05 Å². The van der Waals surface area contributed by atoms with Crippen molar-refractivity contribution in [2.45, 2.75) is 19.4 Å². The van der Waals surface area contributed by atoms with Crippen LogP contribution in [-0.4, -0.2) is 36.1 Å². The maximum absolute atomic E-state index is 4.32. The zero-order valence-corrected chi connectivity index (χ0v) is 11.0. The Morgan fingerprint density at radius 3 is 2.88 bits per heavy atom. The largest absolute Gasteiger partial charge is 0.356 e. The minimum atomic E-state index is 0.871. The van der Waals surface area contributed by atoms with Gasteiger partial charge in [0.25, 0.3) is 0 Å². The van der Waals surface area contributed by atoms with Crippen LogP contribution in [0.1, 0.15) is 18.5 Å². The molecule has 0 spiro atoms. The van der Waals surface area contributed by atoms with Gasteiger partial charge in [-0.3, -0.25) is 4.99 Å². The number of hydrogen-bond donors (Lipinski definition) is 1. The monoisotopic (exact) mass is 234 g/mol. The summed E-state index contributed by atoms with van der Waals surface area (Å²) < 4.78 is 2.14. The van der Waals surface area contributed by atoms with E-state index in [-0.39, 0.29) is 0 Å². The van der Waals surface area contributed by atoms with Gasteiger partial charge in [-0.05, 0) is 30.9 Å². The summed E-state index contributed by atoms with van der Waals surface area (Å²) in [6.07, 6.45) is 4.81. The van der Waals surface area contributed by atoms with Crippen molar-refractivity contribution in [1.82, 2.24) is 14.8 Å². The first-order chi connectivity index (χ1) is 8.20. The summed E-state index contributed by atoms with van der Waals surface area (Å²) in [6.45, 7) is 1.94. The average Bonchev–Trinajstić information content (AvgIpc) is 3.05. The van der Waals surface area contributed by atoms with Gasteiger partial charge >= 0.3 is 0 Å². The summed E-state index contributed by atoms with van der Waals surface area (Å²) in [4.78, 5) is 6.48. The molecule has 0 bridgehead atoms. The van der Waals surface area contributed by atoms with E-state index in [1.54, 1.807) is 0 Å². The fraction of sp³-hybridized carbons (Fsp3) is 0.615. The Labute approximate surface area is 103 Å². The van der Waals surface area contributed by atoms with Gasteiger partial charge in [-0.15, -0.1) is 0 Å². The molecule has 2 rings (SSSR count). The molecule has 4 nitrogen and oxygen atoms in total. The lowest BCUT2D eigenvalue weighted by atomic mass is 10.4. The molecular formula is C13H22N4. The van der Waals surface area contributed by atoms with E-state index in [1.165, 1.54) is 18.5 Å². The summed E-state index contributed by atoms with van der Waals surface area (Å²) in [5.74, 6) is 1.85. The van der Waals surface area contributed by atoms with Crippen molar-refractivity contribution in [3.05, 3.63) is 24.0 Å². The first kappa shape index (κ1) is 12.0. The van der Waals surface area contributed by atoms with Gasteiger partial charge in [0.05, 0.1) is 6.54 Å². The van der Waals surface area contributed by atoms with Gasteiger partial charge in [-0.25, -0.2) is 0 Å². The van der Waals surface area contributed by atoms with E-state index >= 15 is 0 Å². The van der Waals surface area contributed by atoms with Crippen LogP contribution in [0.15, 0.2) is 23.3 Å². The molecule has 0 amide bonds. The molecule has 17 heavy (non-hydrogen) atoms. The maximum Gasteiger partial charge on any atom is 0.193 e. The number of nitrogens with one attached hydrogen (secondary N) is 1. The van der Waals surface area contributed by atoms with Crippen LogP contribution in [0.25, 0.3) is 0 Å². The highest BCUT2D eigenvalue weighted by Gasteiger charge is 2.21. The quantitative estimate of drug-likeness (QED) is 0.631. The van der Waals surface area contributed by atoms with Crippen LogP contribution in [0.2, 0.25) is 0 Å². The number of aromatic nitrogens is 1. The third-order valence-electron chi connectivity index (χ3n) is 3.27. The predicted octanol–water partition coefficient (Wildman–Crippen LogP) is 1.44. The van der Waals surface area contributed by atoms with E-state index in [4.69, 9.17) is 0 Å². The molecule has 1 saturated carbocycles. The number of aliphatic imine (C=N–C) groups is 1. The SMILES string of the molecule is CN=C(NCC1CC1)N(C)Cc1cccn1C. The zero-order valence-electron chi connectivity index (χ0n) is 11.0. The molecule has 0 unspecified atom stereocenters. The smallest absolute Gasteiger partial charge is 0.193 e. The van der Waals surface area contributed by atoms with E-state index in [0.717, 1.165) is 25.0 Å². The molecule has 0 aromatic carbocycles. The van der Waals surface area contributed by atoms with Crippen LogP contribution in [0.5, 0.6) is 0 Å². The van der Waals surface area contributed by atoms with Crippen molar-refractivity contribution < 1.29 is 0 Å². The second kappa shape index (κ2) is 5.25. The average molecular weight is 234 g/mol. The van der Waals surface area contributed by atoms with E-state index in [0.29, 0.717) is 0 Å². The fourth-order valence-electron chi connectivity index (χ4n) is 1.92. The fourth-order valence-corrected chi connectivity index (χ4v) is 1.92. The van der Waals surface area contributed by atoms with Crippen LogP contribution in [0.4, 0.5) is 0 Å². The lowest BCUT2D eigenvalue weighted by Gasteiger charge is -2.22. The second-order valence-electron chi connectivity index (χ2n) is 4.84. The molecule has 1 aliphatic rings. The number of nitrogens with zero attached hydrogens (tertiary/aromatic N) is 3. The van der Waals surface area contributed by atoms with Gasteiger partial charge in [-0.1, -0.05) is 0 Å². The van der Waals surface area contributed by atoms with Crippen LogP contribution in [-0.2, 0) is 13.6 Å². The van der Waals surface area contributed by atoms with Crippen LogP contribution in [0, 0.1) is 5.92 Å². The molecule has 0 atom stereocenters. The Morgan fingerprint density at radius 1 is 1.59 bits per heavy atom. The molecule has 0 radical (unpaired) electrons. The Kier molecular flexibility index (Phi) is 3.71. The molecule has 4 heteroatoms. The predicted molar refractivity (Wildman–Crippen MR) is 71.0 cm³/mol. The van der Waals surface area contributed by atoms with Gasteiger partial charge in [0.1, 0.15) is 0 Å². The summed E-state index contributed by atoms with van der Waals surface area (Å²) >= 11 is 0. The van der Waals surface area contributed by atoms with Gasteiger partial charge < -0.3 is 14.8 Å². The second-order valence-corrected chi connectivity index (χ2v) is 4.84. The molecule has 0 saturated heterocycles. The van der Waals surface area contributed by atoms with E-state index in [9.17, 15) is 0 Å². The lowest BCUT2D eigenvalue weighted by molar-refractivity contribution is 0.460. The first-order valence-corrected chi connectivity index (χ1v) is 6.22. The molecule has 1 aromatic heterocycles. The summed E-state index contributed by atoms with van der Waals surface area (Å²) in [6, 6.07) is 4.22. The van der Waals surface area contributed by atoms with Crippen LogP contribution in [0.3, 0.4) is 0 Å². The Balaban J connectivity index is 1.87. The van der Waals surface area contributed by atoms with E-state index < -0.39 is 0 Å². The molecular weight excluding hydrogens is 212 g/mol. The van der Waals surface area contributed by atoms with Gasteiger partial charge in [0, 0.05) is 39.6 Å². The molecule has 1 heterocycles. The third-order valence-corrected chi connectivity index (χ3v) is 3.27. The van der Waals surface area contributed by atoms with Crippen molar-refractivity contribution in [2.24, 2.45) is 18.0 Å². The number of rotatable bonds is 4. The molecule has 1 aliphatic carbocycles. The standard InChI is InChI=1S/C13H22N4/c1-14-13(15-9-11-6-7-11)17(3)10-12-5-4-8-16(12)2/h4-5,8,11H,6-7,9-10H2,1-3H3,(H,14,15). The highest BCUT2D eigenvalue weighted by Crippen LogP contribution is 2.27. The van der Waals surface area contributed by atoms with Crippen molar-refractivity contribution >= 4 is 5.96 Å². The van der Waals surface area contributed by atoms with Crippen molar-refractivity contribution in [2.75, 3.05) is 20.6 Å². The lowest BCUT2D eigenvalue weighted by Crippen LogP contribution is -2.39. The minimum Gasteiger partial charge on any atom is -0.356 e. The molecule has 1 aromatic rings. The normalized spacial score (nSPS) is 16.1. The number of guanidine groups is 1. The number of hydrogen-bond acceptors (Lipinski definition) is 1. The Hall–Kier alpha value is -1.45. The highest BCUT2D eigenvalue weighted by atomic mass is 15.3. The topological polar surface area (TPSA) is 32.6 Å². The van der Waals surface area contributed by atoms with Gasteiger partial charge in [0.15, 0.2) is 5.96 Å². The van der Waals surface area contributed by atoms with Crippen molar-refractivity contribution in [3.63, 3.8) is 0 Å². The number of aryl methyl sites for hydroxylation is 1.